The molecule has 5 aromatic rings. The van der Waals surface area contributed by atoms with Crippen LogP contribution in [-0.4, -0.2) is 42.8 Å². The summed E-state index contributed by atoms with van der Waals surface area (Å²) in [6.07, 6.45) is 1.74. The van der Waals surface area contributed by atoms with E-state index in [4.69, 9.17) is 19.2 Å². The number of aryl methyl sites for hydroxylation is 1. The highest BCUT2D eigenvalue weighted by molar-refractivity contribution is 5.83. The third-order valence-corrected chi connectivity index (χ3v) is 6.73. The highest BCUT2D eigenvalue weighted by atomic mass is 16.5. The highest BCUT2D eigenvalue weighted by Crippen LogP contribution is 2.27. The van der Waals surface area contributed by atoms with E-state index in [0.29, 0.717) is 31.1 Å². The van der Waals surface area contributed by atoms with Crippen LogP contribution < -0.4 is 19.5 Å². The van der Waals surface area contributed by atoms with E-state index < -0.39 is 0 Å². The van der Waals surface area contributed by atoms with Gasteiger partial charge < -0.3 is 24.1 Å². The first-order valence-corrected chi connectivity index (χ1v) is 13.2. The van der Waals surface area contributed by atoms with Gasteiger partial charge in [0, 0.05) is 19.5 Å². The van der Waals surface area contributed by atoms with Crippen LogP contribution in [0.5, 0.6) is 17.2 Å². The second kappa shape index (κ2) is 12.3. The molecule has 5 rings (SSSR count). The van der Waals surface area contributed by atoms with Gasteiger partial charge in [0.2, 0.25) is 5.91 Å². The van der Waals surface area contributed by atoms with Gasteiger partial charge >= 0.3 is 0 Å². The summed E-state index contributed by atoms with van der Waals surface area (Å²) >= 11 is 0. The number of amides is 1. The number of methoxy groups -OCH3 is 2. The molecule has 0 aliphatic heterocycles. The number of rotatable bonds is 12. The molecule has 0 spiro atoms. The van der Waals surface area contributed by atoms with Gasteiger partial charge in [-0.1, -0.05) is 48.5 Å². The number of hydrogen-bond donors (Lipinski definition) is 1. The van der Waals surface area contributed by atoms with Gasteiger partial charge in [0.15, 0.2) is 11.5 Å². The Morgan fingerprint density at radius 1 is 0.872 bits per heavy atom. The number of ether oxygens (including phenoxy) is 3. The van der Waals surface area contributed by atoms with Gasteiger partial charge in [0.1, 0.15) is 11.6 Å². The number of benzene rings is 4. The number of nitrogens with zero attached hydrogens (tertiary/aromatic N) is 2. The summed E-state index contributed by atoms with van der Waals surface area (Å²) in [5.41, 5.74) is 2.92. The van der Waals surface area contributed by atoms with E-state index in [2.05, 4.69) is 40.2 Å². The largest absolute Gasteiger partial charge is 0.494 e. The van der Waals surface area contributed by atoms with Gasteiger partial charge in [0.05, 0.1) is 38.3 Å². The Morgan fingerprint density at radius 2 is 1.67 bits per heavy atom. The lowest BCUT2D eigenvalue weighted by Crippen LogP contribution is -2.28. The number of aromatic nitrogens is 2. The molecule has 1 heterocycles. The third kappa shape index (κ3) is 6.32. The van der Waals surface area contributed by atoms with Crippen LogP contribution >= 0.6 is 0 Å². The molecule has 0 fully saturated rings. The summed E-state index contributed by atoms with van der Waals surface area (Å²) in [5, 5.41) is 5.41. The zero-order valence-electron chi connectivity index (χ0n) is 22.4. The quantitative estimate of drug-likeness (QED) is 0.216. The SMILES string of the molecule is COc1ccc(CC(=O)NCCc2nc3ccccc3n2CCCOc2ccc3ccccc3c2)cc1OC. The second-order valence-corrected chi connectivity index (χ2v) is 9.35. The minimum absolute atomic E-state index is 0.0475. The Labute approximate surface area is 228 Å². The van der Waals surface area contributed by atoms with Crippen LogP contribution in [0.3, 0.4) is 0 Å². The highest BCUT2D eigenvalue weighted by Gasteiger charge is 2.12. The molecule has 0 radical (unpaired) electrons. The Bertz CT molecular complexity index is 1580. The first kappa shape index (κ1) is 26.1. The maximum absolute atomic E-state index is 12.6. The molecule has 0 saturated carbocycles. The molecule has 1 aromatic heterocycles. The lowest BCUT2D eigenvalue weighted by atomic mass is 10.1. The van der Waals surface area contributed by atoms with Crippen molar-refractivity contribution in [3.05, 3.63) is 96.3 Å². The molecule has 1 N–H and O–H groups in total. The van der Waals surface area contributed by atoms with Crippen LogP contribution in [0.25, 0.3) is 21.8 Å². The smallest absolute Gasteiger partial charge is 0.224 e. The normalized spacial score (nSPS) is 11.0. The van der Waals surface area contributed by atoms with Gasteiger partial charge in [-0.15, -0.1) is 0 Å². The van der Waals surface area contributed by atoms with Crippen molar-refractivity contribution >= 4 is 27.7 Å². The molecule has 0 saturated heterocycles. The molecular weight excluding hydrogens is 490 g/mol. The summed E-state index contributed by atoms with van der Waals surface area (Å²) in [5.74, 6) is 3.04. The zero-order valence-corrected chi connectivity index (χ0v) is 22.4. The van der Waals surface area contributed by atoms with Gasteiger partial charge in [-0.3, -0.25) is 4.79 Å². The third-order valence-electron chi connectivity index (χ3n) is 6.73. The Morgan fingerprint density at radius 3 is 2.51 bits per heavy atom. The van der Waals surface area contributed by atoms with Crippen LogP contribution in [0.2, 0.25) is 0 Å². The first-order valence-electron chi connectivity index (χ1n) is 13.2. The summed E-state index contributed by atoms with van der Waals surface area (Å²) in [6.45, 7) is 1.89. The van der Waals surface area contributed by atoms with Crippen LogP contribution in [-0.2, 0) is 24.2 Å². The van der Waals surface area contributed by atoms with Crippen molar-refractivity contribution in [1.82, 2.24) is 14.9 Å². The van der Waals surface area contributed by atoms with E-state index in [0.717, 1.165) is 41.1 Å². The van der Waals surface area contributed by atoms with Crippen LogP contribution in [0, 0.1) is 0 Å². The van der Waals surface area contributed by atoms with Gasteiger partial charge in [-0.05, 0) is 59.2 Å². The molecule has 0 atom stereocenters. The minimum Gasteiger partial charge on any atom is -0.494 e. The van der Waals surface area contributed by atoms with E-state index in [-0.39, 0.29) is 12.3 Å². The fourth-order valence-electron chi connectivity index (χ4n) is 4.79. The molecular formula is C32H33N3O4. The van der Waals surface area contributed by atoms with Crippen molar-refractivity contribution < 1.29 is 19.0 Å². The monoisotopic (exact) mass is 523 g/mol. The zero-order chi connectivity index (χ0) is 27.0. The predicted octanol–water partition coefficient (Wildman–Crippen LogP) is 5.58. The number of fused-ring (bicyclic) bond motifs is 2. The van der Waals surface area contributed by atoms with Gasteiger partial charge in [-0.25, -0.2) is 4.98 Å². The molecule has 200 valence electrons. The van der Waals surface area contributed by atoms with Crippen molar-refractivity contribution in [2.45, 2.75) is 25.8 Å². The molecule has 0 aliphatic carbocycles. The maximum atomic E-state index is 12.6. The van der Waals surface area contributed by atoms with Crippen molar-refractivity contribution in [1.29, 1.82) is 0 Å². The molecule has 1 amide bonds. The van der Waals surface area contributed by atoms with Crippen molar-refractivity contribution in [3.8, 4) is 17.2 Å². The summed E-state index contributed by atoms with van der Waals surface area (Å²) in [6, 6.07) is 28.1. The number of para-hydroxylation sites is 2. The molecule has 39 heavy (non-hydrogen) atoms. The van der Waals surface area contributed by atoms with E-state index in [1.807, 2.05) is 54.6 Å². The van der Waals surface area contributed by atoms with Crippen LogP contribution in [0.4, 0.5) is 0 Å². The molecule has 0 unspecified atom stereocenters. The average Bonchev–Trinajstić information content (AvgIpc) is 3.32. The summed E-state index contributed by atoms with van der Waals surface area (Å²) in [4.78, 5) is 17.5. The Balaban J connectivity index is 1.17. The second-order valence-electron chi connectivity index (χ2n) is 9.35. The van der Waals surface area contributed by atoms with Crippen molar-refractivity contribution in [2.24, 2.45) is 0 Å². The number of carbonyl (C=O) groups excluding carboxylic acids is 1. The standard InChI is InChI=1S/C32H33N3O4/c1-37-29-15-12-23(20-30(29)38-2)21-32(36)33-17-16-31-34-27-10-5-6-11-28(27)35(31)18-7-19-39-26-14-13-24-8-3-4-9-25(24)22-26/h3-6,8-15,20,22H,7,16-19,21H2,1-2H3,(H,33,36). The number of hydrogen-bond acceptors (Lipinski definition) is 5. The Hall–Kier alpha value is -4.52. The Kier molecular flexibility index (Phi) is 8.26. The molecule has 7 heteroatoms. The number of nitrogens with one attached hydrogen (secondary N) is 1. The van der Waals surface area contributed by atoms with Crippen LogP contribution in [0.1, 0.15) is 17.8 Å². The fraction of sp³-hybridized carbons (Fsp3) is 0.250. The molecule has 4 aromatic carbocycles. The average molecular weight is 524 g/mol. The van der Waals surface area contributed by atoms with E-state index in [1.54, 1.807) is 14.2 Å². The topological polar surface area (TPSA) is 74.6 Å². The molecule has 0 bridgehead atoms. The van der Waals surface area contributed by atoms with Gasteiger partial charge in [0.25, 0.3) is 0 Å². The van der Waals surface area contributed by atoms with E-state index >= 15 is 0 Å². The van der Waals surface area contributed by atoms with Gasteiger partial charge in [-0.2, -0.15) is 0 Å². The lowest BCUT2D eigenvalue weighted by molar-refractivity contribution is -0.120. The number of imidazole rings is 1. The van der Waals surface area contributed by atoms with E-state index in [1.165, 1.54) is 10.8 Å². The summed E-state index contributed by atoms with van der Waals surface area (Å²) < 4.78 is 18.9. The van der Waals surface area contributed by atoms with E-state index in [9.17, 15) is 4.79 Å². The number of carbonyl (C=O) groups is 1. The lowest BCUT2D eigenvalue weighted by Gasteiger charge is -2.12. The minimum atomic E-state index is -0.0475. The van der Waals surface area contributed by atoms with Crippen molar-refractivity contribution in [2.75, 3.05) is 27.4 Å². The predicted molar refractivity (Wildman–Crippen MR) is 154 cm³/mol. The first-order chi connectivity index (χ1) is 19.1. The molecule has 0 aliphatic rings. The summed E-state index contributed by atoms with van der Waals surface area (Å²) in [7, 11) is 3.18. The van der Waals surface area contributed by atoms with Crippen molar-refractivity contribution in [3.63, 3.8) is 0 Å². The molecule has 7 nitrogen and oxygen atoms in total. The fourth-order valence-corrected chi connectivity index (χ4v) is 4.79. The van der Waals surface area contributed by atoms with Crippen LogP contribution in [0.15, 0.2) is 84.9 Å². The maximum Gasteiger partial charge on any atom is 0.224 e.